The van der Waals surface area contributed by atoms with Gasteiger partial charge in [-0.3, -0.25) is 9.88 Å². The summed E-state index contributed by atoms with van der Waals surface area (Å²) in [5.74, 6) is 0. The number of ether oxygens (including phenoxy) is 1. The molecule has 0 bridgehead atoms. The SMILES string of the molecule is Cc1cncc(N2CCN(C3COC3)CC2)c1. The third-order valence-corrected chi connectivity index (χ3v) is 3.68. The molecule has 0 radical (unpaired) electrons. The summed E-state index contributed by atoms with van der Waals surface area (Å²) in [4.78, 5) is 9.24. The normalized spacial score (nSPS) is 22.5. The number of hydrogen-bond donors (Lipinski definition) is 0. The predicted molar refractivity (Wildman–Crippen MR) is 67.4 cm³/mol. The summed E-state index contributed by atoms with van der Waals surface area (Å²) in [5.41, 5.74) is 2.49. The van der Waals surface area contributed by atoms with E-state index in [9.17, 15) is 0 Å². The van der Waals surface area contributed by atoms with Gasteiger partial charge in [-0.25, -0.2) is 0 Å². The molecule has 0 N–H and O–H groups in total. The van der Waals surface area contributed by atoms with Crippen molar-refractivity contribution < 1.29 is 4.74 Å². The molecule has 0 saturated carbocycles. The molecule has 2 fully saturated rings. The second kappa shape index (κ2) is 4.63. The van der Waals surface area contributed by atoms with Gasteiger partial charge in [0.1, 0.15) is 0 Å². The van der Waals surface area contributed by atoms with Crippen LogP contribution in [-0.4, -0.2) is 55.3 Å². The van der Waals surface area contributed by atoms with Crippen molar-refractivity contribution >= 4 is 5.69 Å². The molecule has 4 nitrogen and oxygen atoms in total. The molecule has 2 aliphatic heterocycles. The van der Waals surface area contributed by atoms with E-state index in [2.05, 4.69) is 27.8 Å². The van der Waals surface area contributed by atoms with E-state index >= 15 is 0 Å². The van der Waals surface area contributed by atoms with Crippen LogP contribution in [0.15, 0.2) is 18.5 Å². The Balaban J connectivity index is 1.60. The van der Waals surface area contributed by atoms with E-state index in [0.29, 0.717) is 6.04 Å². The number of anilines is 1. The van der Waals surface area contributed by atoms with Crippen LogP contribution in [0.1, 0.15) is 5.56 Å². The van der Waals surface area contributed by atoms with Crippen LogP contribution < -0.4 is 4.90 Å². The average Bonchev–Trinajstić information content (AvgIpc) is 2.28. The van der Waals surface area contributed by atoms with Crippen LogP contribution in [0, 0.1) is 6.92 Å². The molecule has 0 unspecified atom stereocenters. The van der Waals surface area contributed by atoms with E-state index in [1.807, 2.05) is 12.4 Å². The molecule has 3 heterocycles. The number of piperazine rings is 1. The van der Waals surface area contributed by atoms with Crippen molar-refractivity contribution in [3.05, 3.63) is 24.0 Å². The van der Waals surface area contributed by atoms with Crippen molar-refractivity contribution in [2.75, 3.05) is 44.3 Å². The van der Waals surface area contributed by atoms with Gasteiger partial charge in [0.05, 0.1) is 31.1 Å². The zero-order valence-corrected chi connectivity index (χ0v) is 10.3. The Kier molecular flexibility index (Phi) is 2.99. The van der Waals surface area contributed by atoms with Crippen LogP contribution in [0.25, 0.3) is 0 Å². The highest BCUT2D eigenvalue weighted by Crippen LogP contribution is 2.19. The van der Waals surface area contributed by atoms with Crippen molar-refractivity contribution in [1.82, 2.24) is 9.88 Å². The second-order valence-electron chi connectivity index (χ2n) is 4.93. The summed E-state index contributed by atoms with van der Waals surface area (Å²) in [6.45, 7) is 8.42. The average molecular weight is 233 g/mol. The van der Waals surface area contributed by atoms with Crippen molar-refractivity contribution in [2.24, 2.45) is 0 Å². The largest absolute Gasteiger partial charge is 0.378 e. The number of pyridine rings is 1. The fraction of sp³-hybridized carbons (Fsp3) is 0.615. The van der Waals surface area contributed by atoms with Crippen molar-refractivity contribution in [1.29, 1.82) is 0 Å². The molecule has 1 aromatic rings. The Morgan fingerprint density at radius 2 is 1.94 bits per heavy atom. The summed E-state index contributed by atoms with van der Waals surface area (Å²) in [6.07, 6.45) is 3.88. The zero-order valence-electron chi connectivity index (χ0n) is 10.3. The van der Waals surface area contributed by atoms with E-state index in [-0.39, 0.29) is 0 Å². The van der Waals surface area contributed by atoms with Gasteiger partial charge >= 0.3 is 0 Å². The summed E-state index contributed by atoms with van der Waals surface area (Å²) < 4.78 is 5.25. The Morgan fingerprint density at radius 3 is 2.53 bits per heavy atom. The van der Waals surface area contributed by atoms with Crippen molar-refractivity contribution in [2.45, 2.75) is 13.0 Å². The van der Waals surface area contributed by atoms with Gasteiger partial charge in [0.2, 0.25) is 0 Å². The molecular formula is C13H19N3O. The molecule has 0 atom stereocenters. The first kappa shape index (κ1) is 11.0. The smallest absolute Gasteiger partial charge is 0.0645 e. The fourth-order valence-corrected chi connectivity index (χ4v) is 2.49. The quantitative estimate of drug-likeness (QED) is 0.759. The van der Waals surface area contributed by atoms with E-state index in [1.165, 1.54) is 11.3 Å². The highest BCUT2D eigenvalue weighted by atomic mass is 16.5. The van der Waals surface area contributed by atoms with Gasteiger partial charge in [-0.05, 0) is 18.6 Å². The van der Waals surface area contributed by atoms with Crippen LogP contribution in [0.5, 0.6) is 0 Å². The predicted octanol–water partition coefficient (Wildman–Crippen LogP) is 0.911. The second-order valence-corrected chi connectivity index (χ2v) is 4.93. The molecule has 92 valence electrons. The summed E-state index contributed by atoms with van der Waals surface area (Å²) in [6, 6.07) is 2.89. The minimum Gasteiger partial charge on any atom is -0.378 e. The van der Waals surface area contributed by atoms with Crippen LogP contribution in [0.4, 0.5) is 5.69 Å². The summed E-state index contributed by atoms with van der Waals surface area (Å²) in [5, 5.41) is 0. The molecule has 2 saturated heterocycles. The van der Waals surface area contributed by atoms with Crippen LogP contribution in [0.3, 0.4) is 0 Å². The van der Waals surface area contributed by atoms with Crippen molar-refractivity contribution in [3.8, 4) is 0 Å². The number of aryl methyl sites for hydroxylation is 1. The first-order valence-corrected chi connectivity index (χ1v) is 6.31. The number of hydrogen-bond acceptors (Lipinski definition) is 4. The highest BCUT2D eigenvalue weighted by molar-refractivity contribution is 5.46. The molecule has 1 aromatic heterocycles. The Morgan fingerprint density at radius 1 is 1.18 bits per heavy atom. The highest BCUT2D eigenvalue weighted by Gasteiger charge is 2.28. The lowest BCUT2D eigenvalue weighted by Crippen LogP contribution is -2.56. The molecule has 3 rings (SSSR count). The maximum Gasteiger partial charge on any atom is 0.0645 e. The van der Waals surface area contributed by atoms with Gasteiger partial charge in [0.15, 0.2) is 0 Å². The van der Waals surface area contributed by atoms with Gasteiger partial charge in [-0.1, -0.05) is 0 Å². The summed E-state index contributed by atoms with van der Waals surface area (Å²) >= 11 is 0. The number of aromatic nitrogens is 1. The van der Waals surface area contributed by atoms with E-state index in [4.69, 9.17) is 4.74 Å². The Hall–Kier alpha value is -1.13. The third kappa shape index (κ3) is 2.28. The monoisotopic (exact) mass is 233 g/mol. The van der Waals surface area contributed by atoms with Gasteiger partial charge in [-0.15, -0.1) is 0 Å². The van der Waals surface area contributed by atoms with Gasteiger partial charge < -0.3 is 9.64 Å². The summed E-state index contributed by atoms with van der Waals surface area (Å²) in [7, 11) is 0. The zero-order chi connectivity index (χ0) is 11.7. The number of rotatable bonds is 2. The molecule has 0 spiro atoms. The first-order chi connectivity index (χ1) is 8.33. The van der Waals surface area contributed by atoms with E-state index in [1.54, 1.807) is 0 Å². The molecular weight excluding hydrogens is 214 g/mol. The molecule has 0 aromatic carbocycles. The maximum atomic E-state index is 5.25. The lowest BCUT2D eigenvalue weighted by atomic mass is 10.1. The molecule has 2 aliphatic rings. The van der Waals surface area contributed by atoms with Gasteiger partial charge in [0.25, 0.3) is 0 Å². The Labute approximate surface area is 102 Å². The molecule has 17 heavy (non-hydrogen) atoms. The maximum absolute atomic E-state index is 5.25. The Bertz CT molecular complexity index is 384. The van der Waals surface area contributed by atoms with Crippen LogP contribution in [-0.2, 0) is 4.74 Å². The fourth-order valence-electron chi connectivity index (χ4n) is 2.49. The third-order valence-electron chi connectivity index (χ3n) is 3.68. The van der Waals surface area contributed by atoms with E-state index < -0.39 is 0 Å². The molecule has 4 heteroatoms. The molecule has 0 amide bonds. The van der Waals surface area contributed by atoms with Crippen molar-refractivity contribution in [3.63, 3.8) is 0 Å². The topological polar surface area (TPSA) is 28.6 Å². The lowest BCUT2D eigenvalue weighted by molar-refractivity contribution is -0.0660. The minimum absolute atomic E-state index is 0.674. The van der Waals surface area contributed by atoms with Crippen LogP contribution in [0.2, 0.25) is 0 Å². The van der Waals surface area contributed by atoms with Gasteiger partial charge in [0, 0.05) is 32.4 Å². The number of nitrogens with zero attached hydrogens (tertiary/aromatic N) is 3. The minimum atomic E-state index is 0.674. The van der Waals surface area contributed by atoms with E-state index in [0.717, 1.165) is 39.4 Å². The first-order valence-electron chi connectivity index (χ1n) is 6.31. The van der Waals surface area contributed by atoms with Crippen LogP contribution >= 0.6 is 0 Å². The van der Waals surface area contributed by atoms with Gasteiger partial charge in [-0.2, -0.15) is 0 Å². The molecule has 0 aliphatic carbocycles. The lowest BCUT2D eigenvalue weighted by Gasteiger charge is -2.43. The standard InChI is InChI=1S/C13H19N3O/c1-11-6-12(8-14-7-11)15-2-4-16(5-3-15)13-9-17-10-13/h6-8,13H,2-5,9-10H2,1H3.